The summed E-state index contributed by atoms with van der Waals surface area (Å²) in [6, 6.07) is 5.09. The minimum absolute atomic E-state index is 0.221. The molecule has 0 unspecified atom stereocenters. The van der Waals surface area contributed by atoms with Gasteiger partial charge in [0, 0.05) is 22.7 Å². The molecular formula is C22H12F8N8. The number of rotatable bonds is 0. The van der Waals surface area contributed by atoms with E-state index in [0.29, 0.717) is 36.7 Å². The number of hydrogen-bond acceptors (Lipinski definition) is 8. The Bertz CT molecular complexity index is 1420. The van der Waals surface area contributed by atoms with Crippen LogP contribution in [0.4, 0.5) is 81.4 Å². The van der Waals surface area contributed by atoms with Gasteiger partial charge in [-0.25, -0.2) is 18.7 Å². The van der Waals surface area contributed by atoms with Crippen LogP contribution < -0.4 is 21.3 Å². The van der Waals surface area contributed by atoms with Crippen LogP contribution in [0, 0.1) is 11.6 Å². The van der Waals surface area contributed by atoms with E-state index in [1.807, 2.05) is 0 Å². The number of halogens is 8. The van der Waals surface area contributed by atoms with Crippen LogP contribution in [0.15, 0.2) is 48.8 Å². The molecule has 4 aromatic rings. The summed E-state index contributed by atoms with van der Waals surface area (Å²) in [5.41, 5.74) is -3.23. The van der Waals surface area contributed by atoms with Gasteiger partial charge in [-0.2, -0.15) is 36.3 Å². The summed E-state index contributed by atoms with van der Waals surface area (Å²) < 4.78 is 110. The topological polar surface area (TPSA) is 99.7 Å². The molecule has 0 saturated carbocycles. The molecule has 0 fully saturated rings. The van der Waals surface area contributed by atoms with Crippen molar-refractivity contribution in [2.75, 3.05) is 21.3 Å². The van der Waals surface area contributed by atoms with Gasteiger partial charge >= 0.3 is 12.4 Å². The van der Waals surface area contributed by atoms with E-state index in [4.69, 9.17) is 0 Å². The van der Waals surface area contributed by atoms with Gasteiger partial charge in [0.25, 0.3) is 0 Å². The van der Waals surface area contributed by atoms with Gasteiger partial charge in [0.05, 0.1) is 23.5 Å². The molecule has 0 aliphatic carbocycles. The molecule has 2 aromatic heterocycles. The number of benzene rings is 2. The molecule has 16 heteroatoms. The first kappa shape index (κ1) is 24.9. The first-order valence-corrected chi connectivity index (χ1v) is 10.4. The lowest BCUT2D eigenvalue weighted by Crippen LogP contribution is -2.10. The van der Waals surface area contributed by atoms with Crippen molar-refractivity contribution in [2.45, 2.75) is 12.4 Å². The maximum absolute atomic E-state index is 14.4. The van der Waals surface area contributed by atoms with Crippen molar-refractivity contribution in [3.63, 3.8) is 0 Å². The average Bonchev–Trinajstić information content (AvgIpc) is 2.81. The van der Waals surface area contributed by atoms with Crippen molar-refractivity contribution in [3.8, 4) is 0 Å². The Morgan fingerprint density at radius 2 is 0.842 bits per heavy atom. The zero-order valence-corrected chi connectivity index (χ0v) is 18.4. The van der Waals surface area contributed by atoms with Gasteiger partial charge in [-0.1, -0.05) is 0 Å². The second-order valence-corrected chi connectivity index (χ2v) is 7.87. The number of alkyl halides is 6. The van der Waals surface area contributed by atoms with E-state index >= 15 is 0 Å². The molecule has 4 N–H and O–H groups in total. The van der Waals surface area contributed by atoms with E-state index in [9.17, 15) is 35.1 Å². The third kappa shape index (κ3) is 5.33. The molecule has 5 rings (SSSR count). The van der Waals surface area contributed by atoms with Gasteiger partial charge < -0.3 is 21.3 Å². The molecule has 8 bridgehead atoms. The molecule has 0 radical (unpaired) electrons. The van der Waals surface area contributed by atoms with Crippen LogP contribution in [0.3, 0.4) is 0 Å². The lowest BCUT2D eigenvalue weighted by atomic mass is 10.1. The highest BCUT2D eigenvalue weighted by atomic mass is 19.4. The largest absolute Gasteiger partial charge is 0.416 e. The maximum atomic E-state index is 14.4. The second-order valence-electron chi connectivity index (χ2n) is 7.87. The molecule has 38 heavy (non-hydrogen) atoms. The van der Waals surface area contributed by atoms with E-state index < -0.39 is 46.7 Å². The van der Waals surface area contributed by atoms with Crippen LogP contribution in [-0.2, 0) is 12.4 Å². The maximum Gasteiger partial charge on any atom is 0.416 e. The Balaban J connectivity index is 1.70. The summed E-state index contributed by atoms with van der Waals surface area (Å²) in [7, 11) is 0. The Labute approximate surface area is 207 Å². The Hall–Kier alpha value is -4.76. The fourth-order valence-electron chi connectivity index (χ4n) is 3.43. The van der Waals surface area contributed by atoms with E-state index in [2.05, 4.69) is 41.2 Å². The van der Waals surface area contributed by atoms with E-state index in [1.165, 1.54) is 0 Å². The Morgan fingerprint density at radius 3 is 1.18 bits per heavy atom. The van der Waals surface area contributed by atoms with E-state index in [1.54, 1.807) is 0 Å². The lowest BCUT2D eigenvalue weighted by Gasteiger charge is -2.17. The summed E-state index contributed by atoms with van der Waals surface area (Å²) in [6.07, 6.45) is -8.26. The predicted octanol–water partition coefficient (Wildman–Crippen LogP) is 6.87. The van der Waals surface area contributed by atoms with Crippen LogP contribution in [-0.4, -0.2) is 19.9 Å². The number of nitrogens with one attached hydrogen (secondary N) is 4. The zero-order valence-electron chi connectivity index (χ0n) is 18.4. The third-order valence-corrected chi connectivity index (χ3v) is 5.05. The van der Waals surface area contributed by atoms with Crippen LogP contribution >= 0.6 is 0 Å². The molecule has 0 spiro atoms. The van der Waals surface area contributed by atoms with Gasteiger partial charge in [0.15, 0.2) is 23.3 Å². The highest BCUT2D eigenvalue weighted by Gasteiger charge is 2.32. The third-order valence-electron chi connectivity index (χ3n) is 5.05. The lowest BCUT2D eigenvalue weighted by molar-refractivity contribution is -0.138. The second kappa shape index (κ2) is 8.97. The standard InChI is InChI=1S/C22H12F8N8/c23-15-7-31-20-36-14-4-10(22(28,29)30)2-12(6-14)34-18-16(24)8-32-19(38-18)35-13-3-9(21(25,26)27)1-11(5-13)33-17(15)37-20/h1-8H,(H2,31,33,36,37)(H2,32,34,35,38). The highest BCUT2D eigenvalue weighted by molar-refractivity contribution is 5.71. The van der Waals surface area contributed by atoms with Gasteiger partial charge in [-0.05, 0) is 36.4 Å². The van der Waals surface area contributed by atoms with Crippen molar-refractivity contribution in [1.29, 1.82) is 0 Å². The molecule has 196 valence electrons. The molecule has 0 amide bonds. The van der Waals surface area contributed by atoms with E-state index in [-0.39, 0.29) is 34.6 Å². The van der Waals surface area contributed by atoms with Gasteiger partial charge in [-0.15, -0.1) is 0 Å². The molecule has 0 atom stereocenters. The van der Waals surface area contributed by atoms with Gasteiger partial charge in [0.2, 0.25) is 11.9 Å². The Kier molecular flexibility index (Phi) is 5.88. The number of anilines is 8. The first-order valence-electron chi connectivity index (χ1n) is 10.4. The normalized spacial score (nSPS) is 13.1. The van der Waals surface area contributed by atoms with Crippen LogP contribution in [0.2, 0.25) is 0 Å². The van der Waals surface area contributed by atoms with E-state index in [0.717, 1.165) is 12.1 Å². The molecular weight excluding hydrogens is 528 g/mol. The van der Waals surface area contributed by atoms with Crippen molar-refractivity contribution in [3.05, 3.63) is 71.6 Å². The van der Waals surface area contributed by atoms with Crippen molar-refractivity contribution in [2.24, 2.45) is 0 Å². The molecule has 2 aromatic carbocycles. The van der Waals surface area contributed by atoms with Crippen molar-refractivity contribution in [1.82, 2.24) is 19.9 Å². The summed E-state index contributed by atoms with van der Waals surface area (Å²) in [4.78, 5) is 15.0. The average molecular weight is 540 g/mol. The number of nitrogens with zero attached hydrogens (tertiary/aromatic N) is 4. The number of hydrogen-bond donors (Lipinski definition) is 4. The molecule has 8 nitrogen and oxygen atoms in total. The fourth-order valence-corrected chi connectivity index (χ4v) is 3.43. The van der Waals surface area contributed by atoms with Gasteiger partial charge in [0.1, 0.15) is 0 Å². The summed E-state index contributed by atoms with van der Waals surface area (Å²) in [5.74, 6) is -4.00. The molecule has 1 aliphatic heterocycles. The van der Waals surface area contributed by atoms with Crippen LogP contribution in [0.5, 0.6) is 0 Å². The summed E-state index contributed by atoms with van der Waals surface area (Å²) in [5, 5.41) is 9.77. The minimum Gasteiger partial charge on any atom is -0.338 e. The quantitative estimate of drug-likeness (QED) is 0.158. The monoisotopic (exact) mass is 540 g/mol. The highest BCUT2D eigenvalue weighted by Crippen LogP contribution is 2.37. The molecule has 0 saturated heterocycles. The SMILES string of the molecule is Fc1cnc2nc1Nc1cc(cc(C(F)(F)F)c1)Nc1ncc(F)c(n1)Nc1cc(cc(C(F)(F)F)c1)N2. The summed E-state index contributed by atoms with van der Waals surface area (Å²) >= 11 is 0. The number of fused-ring (bicyclic) bond motifs is 8. The predicted molar refractivity (Wildman–Crippen MR) is 120 cm³/mol. The minimum atomic E-state index is -4.80. The smallest absolute Gasteiger partial charge is 0.338 e. The van der Waals surface area contributed by atoms with Crippen molar-refractivity contribution >= 4 is 46.3 Å². The Morgan fingerprint density at radius 1 is 0.500 bits per heavy atom. The molecule has 1 aliphatic rings. The van der Waals surface area contributed by atoms with Crippen molar-refractivity contribution < 1.29 is 35.1 Å². The summed E-state index contributed by atoms with van der Waals surface area (Å²) in [6.45, 7) is 0. The molecule has 3 heterocycles. The first-order chi connectivity index (χ1) is 17.8. The number of aromatic nitrogens is 4. The zero-order chi connectivity index (χ0) is 27.2. The fraction of sp³-hybridized carbons (Fsp3) is 0.0909. The van der Waals surface area contributed by atoms with Crippen LogP contribution in [0.25, 0.3) is 0 Å². The van der Waals surface area contributed by atoms with Gasteiger partial charge in [-0.3, -0.25) is 0 Å². The van der Waals surface area contributed by atoms with Crippen LogP contribution in [0.1, 0.15) is 11.1 Å².